The van der Waals surface area contributed by atoms with E-state index in [1.54, 1.807) is 18.3 Å². The summed E-state index contributed by atoms with van der Waals surface area (Å²) in [7, 11) is 0. The van der Waals surface area contributed by atoms with Crippen molar-refractivity contribution < 1.29 is 50.9 Å². The van der Waals surface area contributed by atoms with Gasteiger partial charge in [-0.15, -0.1) is 0 Å². The van der Waals surface area contributed by atoms with Gasteiger partial charge in [-0.05, 0) is 66.4 Å². The molecular formula is C28H20Cl2F6N6O5. The molecule has 5 N–H and O–H groups in total. The van der Waals surface area contributed by atoms with Crippen LogP contribution in [0.5, 0.6) is 0 Å². The van der Waals surface area contributed by atoms with E-state index in [9.17, 15) is 31.1 Å². The lowest BCUT2D eigenvalue weighted by molar-refractivity contribution is -0.193. The normalized spacial score (nSPS) is 12.0. The van der Waals surface area contributed by atoms with E-state index in [4.69, 9.17) is 43.0 Å². The summed E-state index contributed by atoms with van der Waals surface area (Å²) in [5.74, 6) is -4.84. The average Bonchev–Trinajstić information content (AvgIpc) is 2.99. The van der Waals surface area contributed by atoms with Crippen LogP contribution in [0.25, 0.3) is 0 Å². The minimum Gasteiger partial charge on any atom is -0.475 e. The lowest BCUT2D eigenvalue weighted by atomic mass is 10.0. The zero-order valence-corrected chi connectivity index (χ0v) is 24.8. The molecule has 1 amide bonds. The number of hydrogen-bond donors (Lipinski definition) is 5. The molecule has 3 heterocycles. The highest BCUT2D eigenvalue weighted by atomic mass is 35.5. The Kier molecular flexibility index (Phi) is 11.9. The minimum atomic E-state index is -5.08. The molecule has 0 aliphatic carbocycles. The number of pyridine rings is 1. The van der Waals surface area contributed by atoms with Gasteiger partial charge >= 0.3 is 24.3 Å². The number of nitrogens with one attached hydrogen (secondary N) is 3. The van der Waals surface area contributed by atoms with Crippen LogP contribution in [0.1, 0.15) is 21.5 Å². The topological polar surface area (TPSA) is 166 Å². The Labute approximate surface area is 270 Å². The Hall–Kier alpha value is -5.16. The van der Waals surface area contributed by atoms with E-state index in [0.29, 0.717) is 33.9 Å². The van der Waals surface area contributed by atoms with Gasteiger partial charge in [0.05, 0.1) is 11.8 Å². The highest BCUT2D eigenvalue weighted by molar-refractivity contribution is 6.33. The van der Waals surface area contributed by atoms with E-state index < -0.39 is 24.3 Å². The summed E-state index contributed by atoms with van der Waals surface area (Å²) in [5.41, 5.74) is 4.95. The number of nitrogens with zero attached hydrogens (tertiary/aromatic N) is 3. The predicted octanol–water partition coefficient (Wildman–Crippen LogP) is 7.28. The molecule has 5 rings (SSSR count). The Morgan fingerprint density at radius 1 is 0.787 bits per heavy atom. The number of alkyl halides is 6. The highest BCUT2D eigenvalue weighted by Gasteiger charge is 2.38. The summed E-state index contributed by atoms with van der Waals surface area (Å²) in [4.78, 5) is 43.3. The van der Waals surface area contributed by atoms with Gasteiger partial charge in [-0.25, -0.2) is 19.6 Å². The van der Waals surface area contributed by atoms with E-state index in [1.807, 2.05) is 30.3 Å². The van der Waals surface area contributed by atoms with Gasteiger partial charge in [0, 0.05) is 23.3 Å². The predicted molar refractivity (Wildman–Crippen MR) is 158 cm³/mol. The number of aryl methyl sites for hydroxylation is 2. The molecule has 19 heteroatoms. The van der Waals surface area contributed by atoms with Crippen LogP contribution >= 0.6 is 23.2 Å². The summed E-state index contributed by atoms with van der Waals surface area (Å²) in [5, 5.41) is 24.5. The van der Waals surface area contributed by atoms with E-state index in [0.717, 1.165) is 34.6 Å². The van der Waals surface area contributed by atoms with Gasteiger partial charge in [0.1, 0.15) is 10.2 Å². The number of carbonyl (C=O) groups is 3. The first-order valence-corrected chi connectivity index (χ1v) is 13.5. The highest BCUT2D eigenvalue weighted by Crippen LogP contribution is 2.29. The largest absolute Gasteiger partial charge is 0.490 e. The second-order valence-corrected chi connectivity index (χ2v) is 9.94. The number of fused-ring (bicyclic) bond motifs is 6. The Morgan fingerprint density at radius 2 is 1.43 bits per heavy atom. The third kappa shape index (κ3) is 11.3. The first-order chi connectivity index (χ1) is 21.9. The molecule has 0 saturated carbocycles. The molecule has 2 aromatic heterocycles. The Balaban J connectivity index is 0.000000360. The molecular weight excluding hydrogens is 685 g/mol. The first kappa shape index (κ1) is 36.3. The van der Waals surface area contributed by atoms with Crippen molar-refractivity contribution in [2.75, 3.05) is 16.0 Å². The average molecular weight is 705 g/mol. The van der Waals surface area contributed by atoms with Gasteiger partial charge in [-0.1, -0.05) is 35.3 Å². The summed E-state index contributed by atoms with van der Waals surface area (Å²) >= 11 is 12.2. The van der Waals surface area contributed by atoms with Crippen molar-refractivity contribution in [1.82, 2.24) is 15.0 Å². The molecule has 1 aliphatic rings. The van der Waals surface area contributed by atoms with E-state index in [2.05, 4.69) is 43.0 Å². The smallest absolute Gasteiger partial charge is 0.475 e. The van der Waals surface area contributed by atoms with Gasteiger partial charge < -0.3 is 26.2 Å². The van der Waals surface area contributed by atoms with Crippen molar-refractivity contribution in [2.45, 2.75) is 25.2 Å². The maximum atomic E-state index is 12.8. The van der Waals surface area contributed by atoms with Crippen LogP contribution in [0.2, 0.25) is 10.2 Å². The van der Waals surface area contributed by atoms with Crippen LogP contribution < -0.4 is 16.0 Å². The number of anilines is 5. The van der Waals surface area contributed by atoms with Gasteiger partial charge in [-0.2, -0.15) is 31.3 Å². The second-order valence-electron chi connectivity index (χ2n) is 9.14. The zero-order chi connectivity index (χ0) is 34.9. The molecule has 2 aromatic carbocycles. The van der Waals surface area contributed by atoms with Crippen LogP contribution in [-0.2, 0) is 22.4 Å². The van der Waals surface area contributed by atoms with Crippen molar-refractivity contribution >= 4 is 69.9 Å². The lowest BCUT2D eigenvalue weighted by Crippen LogP contribution is -2.21. The van der Waals surface area contributed by atoms with Crippen LogP contribution in [-0.4, -0.2) is 55.4 Å². The van der Waals surface area contributed by atoms with E-state index >= 15 is 0 Å². The van der Waals surface area contributed by atoms with Crippen molar-refractivity contribution in [2.24, 2.45) is 0 Å². The molecule has 0 spiro atoms. The van der Waals surface area contributed by atoms with Gasteiger partial charge in [0.25, 0.3) is 5.91 Å². The molecule has 11 nitrogen and oxygen atoms in total. The van der Waals surface area contributed by atoms with Crippen LogP contribution in [0.3, 0.4) is 0 Å². The number of benzene rings is 2. The fourth-order valence-corrected chi connectivity index (χ4v) is 3.82. The van der Waals surface area contributed by atoms with Gasteiger partial charge in [0.15, 0.2) is 5.82 Å². The third-order valence-electron chi connectivity index (χ3n) is 5.70. The van der Waals surface area contributed by atoms with Crippen molar-refractivity contribution in [3.05, 3.63) is 93.9 Å². The summed E-state index contributed by atoms with van der Waals surface area (Å²) in [6, 6.07) is 17.0. The molecule has 0 fully saturated rings. The number of carboxylic acids is 2. The maximum absolute atomic E-state index is 12.8. The molecule has 0 saturated heterocycles. The monoisotopic (exact) mass is 704 g/mol. The molecule has 47 heavy (non-hydrogen) atoms. The van der Waals surface area contributed by atoms with Crippen LogP contribution in [0, 0.1) is 0 Å². The maximum Gasteiger partial charge on any atom is 0.490 e. The summed E-state index contributed by atoms with van der Waals surface area (Å²) in [6.07, 6.45) is -5.66. The molecule has 4 aromatic rings. The minimum absolute atomic E-state index is 0.256. The fourth-order valence-electron chi connectivity index (χ4n) is 3.57. The Morgan fingerprint density at radius 3 is 2.02 bits per heavy atom. The number of carbonyl (C=O) groups excluding carboxylic acids is 1. The number of carboxylic acid groups (broad SMARTS) is 2. The number of rotatable bonds is 2. The fraction of sp³-hybridized carbons (Fsp3) is 0.143. The SMILES string of the molecule is O=C(Nc1ccc2cc1CCc1cccc(c1)Nc1ncc(Cl)c(n1)N2)c1ccc(Cl)nc1.O=C(O)C(F)(F)F.O=C(O)C(F)(F)F. The molecule has 1 aliphatic heterocycles. The number of aliphatic carboxylic acids is 2. The summed E-state index contributed by atoms with van der Waals surface area (Å²) < 4.78 is 63.5. The Bertz CT molecular complexity index is 1730. The van der Waals surface area contributed by atoms with Crippen molar-refractivity contribution in [1.29, 1.82) is 0 Å². The van der Waals surface area contributed by atoms with Crippen LogP contribution in [0.4, 0.5) is 55.2 Å². The second kappa shape index (κ2) is 15.4. The van der Waals surface area contributed by atoms with E-state index in [1.165, 1.54) is 6.20 Å². The zero-order valence-electron chi connectivity index (χ0n) is 23.2. The number of amides is 1. The van der Waals surface area contributed by atoms with Crippen LogP contribution in [0.15, 0.2) is 67.0 Å². The van der Waals surface area contributed by atoms with Gasteiger partial charge in [-0.3, -0.25) is 4.79 Å². The number of aromatic nitrogens is 3. The van der Waals surface area contributed by atoms with Crippen molar-refractivity contribution in [3.8, 4) is 0 Å². The molecule has 0 unspecified atom stereocenters. The molecule has 6 bridgehead atoms. The lowest BCUT2D eigenvalue weighted by Gasteiger charge is -2.14. The van der Waals surface area contributed by atoms with Gasteiger partial charge in [0.2, 0.25) is 5.95 Å². The molecule has 0 atom stereocenters. The number of halogens is 8. The summed E-state index contributed by atoms with van der Waals surface area (Å²) in [6.45, 7) is 0. The molecule has 248 valence electrons. The molecule has 0 radical (unpaired) electrons. The number of hydrogen-bond acceptors (Lipinski definition) is 8. The standard InChI is InChI=1S/C24H18Cl2N6O.2C2HF3O2/c25-19-13-28-24-30-17-3-1-2-14(10-17)4-5-15-11-18(29-22(19)32-24)7-8-20(15)31-23(33)16-6-9-21(26)27-12-16;2*3-2(4,5)1(6)7/h1-3,6-13H,4-5H2,(H,31,33)(H2,28,29,30,32);2*(H,6,7). The third-order valence-corrected chi connectivity index (χ3v) is 6.20. The quantitative estimate of drug-likeness (QED) is 0.106. The van der Waals surface area contributed by atoms with E-state index in [-0.39, 0.29) is 5.91 Å². The van der Waals surface area contributed by atoms with Crippen molar-refractivity contribution in [3.63, 3.8) is 0 Å². The first-order valence-electron chi connectivity index (χ1n) is 12.7.